The fourth-order valence-electron chi connectivity index (χ4n) is 9.25. The van der Waals surface area contributed by atoms with Crippen molar-refractivity contribution in [2.75, 3.05) is 19.8 Å². The summed E-state index contributed by atoms with van der Waals surface area (Å²) in [5, 5.41) is 26.3. The van der Waals surface area contributed by atoms with E-state index >= 15 is 0 Å². The Hall–Kier alpha value is -5.16. The van der Waals surface area contributed by atoms with E-state index in [1.165, 1.54) is 6.26 Å². The Bertz CT molecular complexity index is 2130. The molecule has 8 rings (SSSR count). The molecular formula is C46H53N3O12. The number of hydroxylamine groups is 2. The third kappa shape index (κ3) is 8.81. The maximum absolute atomic E-state index is 14.9. The van der Waals surface area contributed by atoms with Crippen molar-refractivity contribution >= 4 is 29.8 Å². The van der Waals surface area contributed by atoms with E-state index in [0.717, 1.165) is 22.3 Å². The van der Waals surface area contributed by atoms with Crippen molar-refractivity contribution in [3.63, 3.8) is 0 Å². The summed E-state index contributed by atoms with van der Waals surface area (Å²) in [6.45, 7) is 5.24. The molecule has 3 aliphatic heterocycles. The SMILES string of the molecule is CC(C)(C)OC(=O)CCC(CO)NC(=O)c1cccc(CNC(=O)C23CC4OC(=O)C2N(Cc2ccc(C=COCCO)cc2)OC3C2OC3(Cc5ccccc5C3)OC42)c1. The predicted molar refractivity (Wildman–Crippen MR) is 218 cm³/mol. The van der Waals surface area contributed by atoms with Gasteiger partial charge in [0.2, 0.25) is 5.91 Å². The van der Waals surface area contributed by atoms with Gasteiger partial charge >= 0.3 is 11.9 Å². The largest absolute Gasteiger partial charge is 0.499 e. The minimum Gasteiger partial charge on any atom is -0.499 e. The summed E-state index contributed by atoms with van der Waals surface area (Å²) in [6.07, 6.45) is 1.62. The third-order valence-corrected chi connectivity index (χ3v) is 11.9. The molecule has 324 valence electrons. The molecule has 1 saturated carbocycles. The number of amides is 2. The number of hydrogen-bond donors (Lipinski definition) is 4. The van der Waals surface area contributed by atoms with E-state index in [1.54, 1.807) is 56.2 Å². The van der Waals surface area contributed by atoms with Crippen LogP contribution in [0.3, 0.4) is 0 Å². The van der Waals surface area contributed by atoms with E-state index in [1.807, 2.05) is 36.4 Å². The Balaban J connectivity index is 1.01. The lowest BCUT2D eigenvalue weighted by molar-refractivity contribution is -0.217. The zero-order chi connectivity index (χ0) is 42.9. The Kier molecular flexibility index (Phi) is 12.1. The van der Waals surface area contributed by atoms with Gasteiger partial charge in [-0.2, -0.15) is 5.06 Å². The van der Waals surface area contributed by atoms with Crippen LogP contribution < -0.4 is 10.6 Å². The zero-order valence-electron chi connectivity index (χ0n) is 34.5. The summed E-state index contributed by atoms with van der Waals surface area (Å²) < 4.78 is 30.3. The van der Waals surface area contributed by atoms with Crippen LogP contribution in [0, 0.1) is 5.41 Å². The molecule has 4 N–H and O–H groups in total. The second-order valence-electron chi connectivity index (χ2n) is 17.4. The molecular weight excluding hydrogens is 787 g/mol. The average Bonchev–Trinajstić information content (AvgIpc) is 3.91. The summed E-state index contributed by atoms with van der Waals surface area (Å²) in [6, 6.07) is 20.6. The molecule has 2 bridgehead atoms. The summed E-state index contributed by atoms with van der Waals surface area (Å²) in [4.78, 5) is 61.4. The van der Waals surface area contributed by atoms with Gasteiger partial charge in [-0.1, -0.05) is 60.7 Å². The molecule has 2 amide bonds. The maximum Gasteiger partial charge on any atom is 0.327 e. The maximum atomic E-state index is 14.9. The molecule has 3 aromatic carbocycles. The van der Waals surface area contributed by atoms with Gasteiger partial charge in [0.15, 0.2) is 11.8 Å². The molecule has 3 aromatic rings. The van der Waals surface area contributed by atoms with Crippen molar-refractivity contribution in [1.29, 1.82) is 0 Å². The van der Waals surface area contributed by atoms with Gasteiger partial charge in [-0.3, -0.25) is 24.0 Å². The highest BCUT2D eigenvalue weighted by atomic mass is 16.8. The highest BCUT2D eigenvalue weighted by molar-refractivity contribution is 5.95. The number of aliphatic hydroxyl groups is 2. The Morgan fingerprint density at radius 2 is 1.70 bits per heavy atom. The second kappa shape index (κ2) is 17.3. The minimum absolute atomic E-state index is 0.0218. The van der Waals surface area contributed by atoms with E-state index in [9.17, 15) is 24.3 Å². The monoisotopic (exact) mass is 839 g/mol. The number of carbonyl (C=O) groups is 4. The number of carbonyl (C=O) groups excluding carboxylic acids is 4. The van der Waals surface area contributed by atoms with Crippen LogP contribution in [0.5, 0.6) is 0 Å². The standard InChI is InChI=1S/C46H53N3O12/c1-44(2,3)58-36(52)16-15-34(27-51)48-41(53)31-10-6-7-30(21-31)25-47-43(55)46-24-35-37-38(60-45(59-37)22-32-8-4-5-9-33(32)23-45)40(46)61-49(39(46)42(54)57-35)26-29-13-11-28(12-14-29)17-19-56-20-18-50/h4-14,17,19,21,34-35,37-40,50-51H,15-16,18,20,22-27H2,1-3H3,(H,47,55)(H,48,53). The first-order chi connectivity index (χ1) is 29.3. The Morgan fingerprint density at radius 1 is 0.967 bits per heavy atom. The van der Waals surface area contributed by atoms with Crippen molar-refractivity contribution in [1.82, 2.24) is 15.7 Å². The number of fused-ring (bicyclic) bond motifs is 5. The van der Waals surface area contributed by atoms with E-state index in [-0.39, 0.29) is 52.2 Å². The summed E-state index contributed by atoms with van der Waals surface area (Å²) in [5.74, 6) is -2.87. The average molecular weight is 840 g/mol. The lowest BCUT2D eigenvalue weighted by atomic mass is 9.62. The van der Waals surface area contributed by atoms with Crippen LogP contribution in [-0.4, -0.2) is 107 Å². The van der Waals surface area contributed by atoms with Crippen LogP contribution in [-0.2, 0) is 68.8 Å². The van der Waals surface area contributed by atoms with Gasteiger partial charge < -0.3 is 44.5 Å². The molecule has 15 nitrogen and oxygen atoms in total. The van der Waals surface area contributed by atoms with Gasteiger partial charge in [0.25, 0.3) is 5.91 Å². The fraction of sp³-hybridized carbons (Fsp3) is 0.478. The number of nitrogens with zero attached hydrogens (tertiary/aromatic N) is 1. The Morgan fingerprint density at radius 3 is 2.41 bits per heavy atom. The smallest absolute Gasteiger partial charge is 0.327 e. The zero-order valence-corrected chi connectivity index (χ0v) is 34.5. The van der Waals surface area contributed by atoms with E-state index in [0.29, 0.717) is 24.0 Å². The van der Waals surface area contributed by atoms with Gasteiger partial charge in [-0.05, 0) is 73.2 Å². The van der Waals surface area contributed by atoms with Crippen LogP contribution in [0.15, 0.2) is 79.1 Å². The first-order valence-corrected chi connectivity index (χ1v) is 20.8. The molecule has 3 heterocycles. The van der Waals surface area contributed by atoms with E-state index < -0.39 is 77.1 Å². The van der Waals surface area contributed by atoms with E-state index in [2.05, 4.69) is 22.8 Å². The third-order valence-electron chi connectivity index (χ3n) is 11.9. The van der Waals surface area contributed by atoms with Crippen molar-refractivity contribution in [3.05, 3.63) is 112 Å². The van der Waals surface area contributed by atoms with Crippen LogP contribution in [0.1, 0.15) is 78.2 Å². The molecule has 4 fully saturated rings. The topological polar surface area (TPSA) is 191 Å². The van der Waals surface area contributed by atoms with Gasteiger partial charge in [-0.25, -0.2) is 0 Å². The van der Waals surface area contributed by atoms with Crippen LogP contribution in [0.4, 0.5) is 0 Å². The van der Waals surface area contributed by atoms with Crippen LogP contribution in [0.25, 0.3) is 6.08 Å². The number of esters is 2. The highest BCUT2D eigenvalue weighted by Crippen LogP contribution is 2.58. The number of rotatable bonds is 15. The minimum atomic E-state index is -1.41. The number of nitrogens with one attached hydrogen (secondary N) is 2. The lowest BCUT2D eigenvalue weighted by Crippen LogP contribution is -2.69. The summed E-state index contributed by atoms with van der Waals surface area (Å²) >= 11 is 0. The quantitative estimate of drug-likeness (QED) is 0.0992. The first-order valence-electron chi connectivity index (χ1n) is 20.8. The van der Waals surface area contributed by atoms with Gasteiger partial charge in [0, 0.05) is 37.8 Å². The molecule has 15 heteroatoms. The van der Waals surface area contributed by atoms with Crippen molar-refractivity contribution in [2.24, 2.45) is 5.41 Å². The molecule has 3 saturated heterocycles. The van der Waals surface area contributed by atoms with Crippen molar-refractivity contribution in [3.8, 4) is 0 Å². The van der Waals surface area contributed by atoms with Crippen molar-refractivity contribution in [2.45, 2.75) is 114 Å². The van der Waals surface area contributed by atoms with Crippen LogP contribution in [0.2, 0.25) is 0 Å². The number of ether oxygens (including phenoxy) is 5. The molecule has 2 aliphatic carbocycles. The molecule has 7 unspecified atom stereocenters. The molecule has 7 atom stereocenters. The highest BCUT2D eigenvalue weighted by Gasteiger charge is 2.76. The normalized spacial score (nSPS) is 26.4. The van der Waals surface area contributed by atoms with E-state index in [4.69, 9.17) is 33.6 Å². The Labute approximate surface area is 354 Å². The first kappa shape index (κ1) is 42.5. The van der Waals surface area contributed by atoms with Gasteiger partial charge in [0.05, 0.1) is 32.1 Å². The van der Waals surface area contributed by atoms with Gasteiger partial charge in [0.1, 0.15) is 42.0 Å². The second-order valence-corrected chi connectivity index (χ2v) is 17.4. The number of benzene rings is 3. The summed E-state index contributed by atoms with van der Waals surface area (Å²) in [7, 11) is 0. The molecule has 61 heavy (non-hydrogen) atoms. The molecule has 5 aliphatic rings. The number of hydrogen-bond acceptors (Lipinski definition) is 13. The summed E-state index contributed by atoms with van der Waals surface area (Å²) in [5.41, 5.74) is 2.78. The van der Waals surface area contributed by atoms with Gasteiger partial charge in [-0.15, -0.1) is 0 Å². The molecule has 1 spiro atoms. The molecule has 0 aromatic heterocycles. The number of aliphatic hydroxyl groups excluding tert-OH is 2. The van der Waals surface area contributed by atoms with Crippen molar-refractivity contribution < 1.29 is 57.9 Å². The fourth-order valence-corrected chi connectivity index (χ4v) is 9.25. The lowest BCUT2D eigenvalue weighted by Gasteiger charge is -2.48. The molecule has 0 radical (unpaired) electrons. The predicted octanol–water partition coefficient (Wildman–Crippen LogP) is 3.27. The van der Waals surface area contributed by atoms with Crippen LogP contribution >= 0.6 is 0 Å².